The molecule has 0 aromatic heterocycles. The monoisotopic (exact) mass is 74.0 g/mol. The van der Waals surface area contributed by atoms with Crippen molar-refractivity contribution in [3.63, 3.8) is 0 Å². The maximum atomic E-state index is 7.84. The van der Waals surface area contributed by atoms with Gasteiger partial charge in [0.05, 0.1) is 6.61 Å². The van der Waals surface area contributed by atoms with Crippen LogP contribution in [0.5, 0.6) is 0 Å². The molecule has 0 spiro atoms. The highest BCUT2D eigenvalue weighted by molar-refractivity contribution is 5.57. The predicted molar refractivity (Wildman–Crippen MR) is 19.8 cm³/mol. The molecule has 3 heteroatoms. The van der Waals surface area contributed by atoms with E-state index in [1.165, 1.54) is 6.21 Å². The Kier molecular flexibility index (Phi) is 3.04. The topological polar surface area (TPSA) is 58.6 Å². The van der Waals surface area contributed by atoms with Crippen LogP contribution in [-0.2, 0) is 0 Å². The van der Waals surface area contributed by atoms with Crippen LogP contribution in [0.1, 0.15) is 0 Å². The number of aliphatic hydroxyl groups excluding tert-OH is 1. The first kappa shape index (κ1) is 4.43. The molecule has 0 aromatic carbocycles. The zero-order valence-corrected chi connectivity index (χ0v) is 2.76. The van der Waals surface area contributed by atoms with Crippen molar-refractivity contribution in [2.75, 3.05) is 6.61 Å². The summed E-state index contributed by atoms with van der Waals surface area (Å²) in [6.45, 7) is -0.0729. The van der Waals surface area contributed by atoms with E-state index >= 15 is 0 Å². The number of hydrazone groups is 1. The normalized spacial score (nSPS) is 9.80. The maximum absolute atomic E-state index is 7.84. The average molecular weight is 74.1 g/mol. The Balaban J connectivity index is 2.62. The molecule has 0 aliphatic rings. The molecule has 30 valence electrons. The van der Waals surface area contributed by atoms with E-state index in [0.717, 1.165) is 0 Å². The van der Waals surface area contributed by atoms with E-state index in [-0.39, 0.29) is 6.61 Å². The van der Waals surface area contributed by atoms with Gasteiger partial charge in [0.2, 0.25) is 0 Å². The highest BCUT2D eigenvalue weighted by Crippen LogP contribution is 1.38. The number of hydrogen-bond acceptors (Lipinski definition) is 3. The van der Waals surface area contributed by atoms with Gasteiger partial charge in [-0.25, -0.2) is 0 Å². The molecule has 0 saturated carbocycles. The SMILES string of the molecule is NN=CCO. The van der Waals surface area contributed by atoms with Crippen LogP contribution in [0.15, 0.2) is 5.10 Å². The molecule has 0 atom stereocenters. The first-order valence-electron chi connectivity index (χ1n) is 1.24. The fourth-order valence-corrected chi connectivity index (χ4v) is 0.0471. The molecular weight excluding hydrogens is 68.0 g/mol. The average Bonchev–Trinajstić information content (AvgIpc) is 1.41. The minimum atomic E-state index is -0.0729. The molecule has 3 nitrogen and oxygen atoms in total. The van der Waals surface area contributed by atoms with Crippen LogP contribution in [0.4, 0.5) is 0 Å². The number of nitrogens with zero attached hydrogens (tertiary/aromatic N) is 1. The van der Waals surface area contributed by atoms with Gasteiger partial charge in [-0.2, -0.15) is 5.10 Å². The van der Waals surface area contributed by atoms with Gasteiger partial charge >= 0.3 is 0 Å². The van der Waals surface area contributed by atoms with E-state index in [2.05, 4.69) is 10.9 Å². The maximum Gasteiger partial charge on any atom is 0.0801 e. The third kappa shape index (κ3) is 3.43. The molecule has 0 aliphatic heterocycles. The van der Waals surface area contributed by atoms with Crippen molar-refractivity contribution < 1.29 is 5.11 Å². The Morgan fingerprint density at radius 2 is 2.60 bits per heavy atom. The van der Waals surface area contributed by atoms with E-state index in [1.807, 2.05) is 0 Å². The molecule has 0 aromatic rings. The molecule has 3 N–H and O–H groups in total. The molecule has 0 radical (unpaired) electrons. The van der Waals surface area contributed by atoms with Crippen LogP contribution in [0.25, 0.3) is 0 Å². The third-order valence-electron chi connectivity index (χ3n) is 0.187. The van der Waals surface area contributed by atoms with E-state index in [0.29, 0.717) is 0 Å². The number of aliphatic hydroxyl groups is 1. The van der Waals surface area contributed by atoms with Crippen molar-refractivity contribution in [2.24, 2.45) is 10.9 Å². The number of hydrogen-bond donors (Lipinski definition) is 2. The summed E-state index contributed by atoms with van der Waals surface area (Å²) < 4.78 is 0. The molecule has 0 fully saturated rings. The van der Waals surface area contributed by atoms with Crippen LogP contribution in [0.3, 0.4) is 0 Å². The summed E-state index contributed by atoms with van der Waals surface area (Å²) in [6, 6.07) is 0. The lowest BCUT2D eigenvalue weighted by Gasteiger charge is -1.67. The van der Waals surface area contributed by atoms with Crippen molar-refractivity contribution >= 4 is 6.21 Å². The third-order valence-corrected chi connectivity index (χ3v) is 0.187. The zero-order valence-electron chi connectivity index (χ0n) is 2.76. The van der Waals surface area contributed by atoms with E-state index in [9.17, 15) is 0 Å². The number of rotatable bonds is 1. The Labute approximate surface area is 30.1 Å². The molecule has 0 saturated heterocycles. The second-order valence-corrected chi connectivity index (χ2v) is 0.514. The van der Waals surface area contributed by atoms with E-state index in [1.54, 1.807) is 0 Å². The molecule has 0 bridgehead atoms. The lowest BCUT2D eigenvalue weighted by molar-refractivity contribution is 0.361. The van der Waals surface area contributed by atoms with Gasteiger partial charge in [0.15, 0.2) is 0 Å². The second-order valence-electron chi connectivity index (χ2n) is 0.514. The summed E-state index contributed by atoms with van der Waals surface area (Å²) in [5.74, 6) is 4.55. The first-order valence-corrected chi connectivity index (χ1v) is 1.24. The van der Waals surface area contributed by atoms with Crippen molar-refractivity contribution in [2.45, 2.75) is 0 Å². The van der Waals surface area contributed by atoms with Gasteiger partial charge in [0.25, 0.3) is 0 Å². The summed E-state index contributed by atoms with van der Waals surface area (Å²) in [6.07, 6.45) is 1.21. The smallest absolute Gasteiger partial charge is 0.0801 e. The van der Waals surface area contributed by atoms with Gasteiger partial charge in [-0.15, -0.1) is 0 Å². The predicted octanol–water partition coefficient (Wildman–Crippen LogP) is -1.08. The molecule has 5 heavy (non-hydrogen) atoms. The summed E-state index contributed by atoms with van der Waals surface area (Å²) in [5, 5.41) is 10.8. The van der Waals surface area contributed by atoms with Crippen LogP contribution >= 0.6 is 0 Å². The standard InChI is InChI=1S/C2H6N2O/c3-4-1-2-5/h1,5H,2-3H2. The Bertz CT molecular complexity index is 34.6. The summed E-state index contributed by atoms with van der Waals surface area (Å²) >= 11 is 0. The zero-order chi connectivity index (χ0) is 4.12. The molecule has 0 aliphatic carbocycles. The summed E-state index contributed by atoms with van der Waals surface area (Å²) in [5.41, 5.74) is 0. The lowest BCUT2D eigenvalue weighted by Crippen LogP contribution is -1.86. The highest BCUT2D eigenvalue weighted by atomic mass is 16.3. The van der Waals surface area contributed by atoms with Crippen molar-refractivity contribution in [3.05, 3.63) is 0 Å². The van der Waals surface area contributed by atoms with Gasteiger partial charge in [0, 0.05) is 6.21 Å². The van der Waals surface area contributed by atoms with Crippen molar-refractivity contribution in [1.29, 1.82) is 0 Å². The van der Waals surface area contributed by atoms with Gasteiger partial charge in [-0.05, 0) is 0 Å². The molecule has 0 heterocycles. The van der Waals surface area contributed by atoms with Crippen molar-refractivity contribution in [1.82, 2.24) is 0 Å². The minimum Gasteiger partial charge on any atom is -0.391 e. The lowest BCUT2D eigenvalue weighted by atomic mass is 10.8. The Morgan fingerprint density at radius 1 is 2.00 bits per heavy atom. The second kappa shape index (κ2) is 3.43. The van der Waals surface area contributed by atoms with Gasteiger partial charge in [-0.1, -0.05) is 0 Å². The Hall–Kier alpha value is -0.570. The first-order chi connectivity index (χ1) is 2.41. The summed E-state index contributed by atoms with van der Waals surface area (Å²) in [7, 11) is 0. The number of nitrogens with two attached hydrogens (primary N) is 1. The molecule has 0 unspecified atom stereocenters. The fraction of sp³-hybridized carbons (Fsp3) is 0.500. The van der Waals surface area contributed by atoms with Crippen LogP contribution in [-0.4, -0.2) is 17.9 Å². The molecule has 0 amide bonds. The van der Waals surface area contributed by atoms with Gasteiger partial charge < -0.3 is 10.9 Å². The van der Waals surface area contributed by atoms with Gasteiger partial charge in [0.1, 0.15) is 0 Å². The van der Waals surface area contributed by atoms with E-state index in [4.69, 9.17) is 5.11 Å². The van der Waals surface area contributed by atoms with Crippen molar-refractivity contribution in [3.8, 4) is 0 Å². The quantitative estimate of drug-likeness (QED) is 0.236. The van der Waals surface area contributed by atoms with E-state index < -0.39 is 0 Å². The van der Waals surface area contributed by atoms with Crippen LogP contribution < -0.4 is 5.84 Å². The highest BCUT2D eigenvalue weighted by Gasteiger charge is 1.54. The minimum absolute atomic E-state index is 0.0729. The van der Waals surface area contributed by atoms with Gasteiger partial charge in [-0.3, -0.25) is 0 Å². The Morgan fingerprint density at radius 3 is 2.60 bits per heavy atom. The molecule has 0 rings (SSSR count). The van der Waals surface area contributed by atoms with Crippen LogP contribution in [0.2, 0.25) is 0 Å². The largest absolute Gasteiger partial charge is 0.391 e. The fourth-order valence-electron chi connectivity index (χ4n) is 0.0471. The van der Waals surface area contributed by atoms with Crippen LogP contribution in [0, 0.1) is 0 Å². The molecular formula is C2H6N2O. The summed E-state index contributed by atoms with van der Waals surface area (Å²) in [4.78, 5) is 0.